The Morgan fingerprint density at radius 1 is 0.796 bits per heavy atom. The number of carbonyl (C=O) groups is 1. The molecule has 12 heteroatoms. The van der Waals surface area contributed by atoms with Gasteiger partial charge in [0.05, 0.1) is 12.5 Å². The van der Waals surface area contributed by atoms with Crippen LogP contribution in [0.1, 0.15) is 156 Å². The van der Waals surface area contributed by atoms with Crippen molar-refractivity contribution in [2.45, 2.75) is 171 Å². The third-order valence-corrected chi connectivity index (χ3v) is 6.41. The molecule has 10 nitrogen and oxygen atoms in total. The van der Waals surface area contributed by atoms with Gasteiger partial charge in [0.2, 0.25) is 0 Å². The van der Waals surface area contributed by atoms with Crippen LogP contribution in [0.15, 0.2) is 12.1 Å². The molecule has 1 aromatic rings. The molecule has 0 amide bonds. The third-order valence-electron chi connectivity index (χ3n) is 5.97. The van der Waals surface area contributed by atoms with Crippen molar-refractivity contribution in [3.63, 3.8) is 0 Å². The number of hydrogen-bond donors (Lipinski definition) is 10. The molecule has 0 aliphatic rings. The quantitative estimate of drug-likeness (QED) is 0.0397. The Hall–Kier alpha value is -0.921. The molecule has 0 unspecified atom stereocenters. The molecule has 1 rings (SSSR count). The number of carboxylic acids is 1. The predicted octanol–water partition coefficient (Wildman–Crippen LogP) is 7.67. The molecule has 54 heavy (non-hydrogen) atoms. The van der Waals surface area contributed by atoms with Crippen LogP contribution >= 0.6 is 12.6 Å². The van der Waals surface area contributed by atoms with Crippen molar-refractivity contribution < 1.29 is 25.2 Å². The number of aliphatic hydroxyl groups is 2. The van der Waals surface area contributed by atoms with Gasteiger partial charge >= 0.3 is 34.2 Å². The maximum atomic E-state index is 9.52. The predicted molar refractivity (Wildman–Crippen MR) is 248 cm³/mol. The van der Waals surface area contributed by atoms with Gasteiger partial charge in [0, 0.05) is 19.7 Å². The zero-order chi connectivity index (χ0) is 43.8. The number of nitrogens with two attached hydrogens (primary N) is 3. The molecule has 0 saturated carbocycles. The minimum Gasteiger partial charge on any atom is -0.507 e. The molecule has 1 aromatic carbocycles. The number of aromatic hydroxyl groups is 1. The van der Waals surface area contributed by atoms with Crippen molar-refractivity contribution in [2.24, 2.45) is 17.2 Å². The number of phenols is 1. The van der Waals surface area contributed by atoms with Gasteiger partial charge in [-0.1, -0.05) is 99.1 Å². The van der Waals surface area contributed by atoms with E-state index < -0.39 is 5.97 Å². The Kier molecular flexibility index (Phi) is 96.1. The molecule has 0 aromatic heterocycles. The molecule has 0 heterocycles. The standard InChI is InChI=1S/C10H14O.C9H22N2O.C6H15N.C4H11N.C3H7NO2.C3H8S.C3H8.C2H6O.C2H6Se/c1-4-9-5-7(2)10(11)8(3)6-9;1-2-3-4-7-11-8-9(12)5-6-10;1-3-4-5-6-7-2;1-2-3-4-5;4-2-1-3(5)6;1-2-3-4;1-3-2;2*1-2-3/h5-6,11H,4H2,1-3H3;9,11-12H,2-8,10H2,1H3;7H,3-6H2,1-2H3;2-5H2,1H3;1-2,4H2,(H,5,6);4H,2-3H2,1H3;3H2,1-2H3;2*3H,2H2,1H3/t;9-;;;;;;;/m.0......./s1. The first-order chi connectivity index (χ1) is 25.7. The number of carboxylic acid groups (broad SMARTS) is 1. The summed E-state index contributed by atoms with van der Waals surface area (Å²) in [5, 5.41) is 41.6. The van der Waals surface area contributed by atoms with Crippen LogP contribution in [-0.4, -0.2) is 107 Å². The van der Waals surface area contributed by atoms with Gasteiger partial charge in [0.15, 0.2) is 0 Å². The van der Waals surface area contributed by atoms with Crippen LogP contribution < -0.4 is 27.8 Å². The Bertz CT molecular complexity index is 721. The second kappa shape index (κ2) is 73.2. The molecular weight excluding hydrogens is 766 g/mol. The molecule has 332 valence electrons. The molecule has 1 atom stereocenters. The maximum absolute atomic E-state index is 9.52. The molecule has 12 N–H and O–H groups in total. The second-order valence-corrected chi connectivity index (χ2v) is 13.8. The van der Waals surface area contributed by atoms with Gasteiger partial charge in [-0.25, -0.2) is 0 Å². The largest absolute Gasteiger partial charge is 0.507 e. The summed E-state index contributed by atoms with van der Waals surface area (Å²) >= 11 is 6.39. The number of phenolic OH excluding ortho intramolecular Hbond substituents is 1. The third kappa shape index (κ3) is 93.2. The number of aliphatic hydroxyl groups excluding tert-OH is 2. The van der Waals surface area contributed by atoms with Gasteiger partial charge in [0.25, 0.3) is 0 Å². The van der Waals surface area contributed by atoms with Crippen molar-refractivity contribution in [2.75, 3.05) is 58.7 Å². The molecule has 0 fully saturated rings. The fourth-order valence-electron chi connectivity index (χ4n) is 3.19. The van der Waals surface area contributed by atoms with Gasteiger partial charge in [-0.15, -0.1) is 0 Å². The monoisotopic (exact) mass is 864 g/mol. The topological polar surface area (TPSA) is 200 Å². The zero-order valence-corrected chi connectivity index (χ0v) is 40.4. The number of aliphatic carboxylic acids is 1. The molecule has 0 saturated heterocycles. The Morgan fingerprint density at radius 3 is 1.44 bits per heavy atom. The molecule has 0 radical (unpaired) electrons. The fraction of sp³-hybridized carbons (Fsp3) is 0.833. The summed E-state index contributed by atoms with van der Waals surface area (Å²) in [5.74, 6) is 0.611. The van der Waals surface area contributed by atoms with Crippen molar-refractivity contribution >= 4 is 34.6 Å². The summed E-state index contributed by atoms with van der Waals surface area (Å²) in [5.41, 5.74) is 18.5. The van der Waals surface area contributed by atoms with E-state index in [1.54, 1.807) is 6.92 Å². The van der Waals surface area contributed by atoms with Gasteiger partial charge in [-0.05, 0) is 115 Å². The molecule has 0 aliphatic carbocycles. The Morgan fingerprint density at radius 2 is 1.20 bits per heavy atom. The molecular formula is C42H97N5O5SSe. The number of unbranched alkanes of at least 4 members (excludes halogenated alkanes) is 5. The summed E-state index contributed by atoms with van der Waals surface area (Å²) in [7, 11) is 2.00. The van der Waals surface area contributed by atoms with Gasteiger partial charge in [0.1, 0.15) is 5.75 Å². The summed E-state index contributed by atoms with van der Waals surface area (Å²) in [6, 6.07) is 4.06. The molecule has 0 bridgehead atoms. The van der Waals surface area contributed by atoms with E-state index in [1.807, 2.05) is 33.0 Å². The van der Waals surface area contributed by atoms with Gasteiger partial charge < -0.3 is 48.3 Å². The zero-order valence-electron chi connectivity index (χ0n) is 37.6. The maximum Gasteiger partial charge on any atom is 0.304 e. The van der Waals surface area contributed by atoms with Crippen LogP contribution in [0.2, 0.25) is 5.32 Å². The van der Waals surface area contributed by atoms with E-state index in [0.29, 0.717) is 25.3 Å². The Labute approximate surface area is 350 Å². The summed E-state index contributed by atoms with van der Waals surface area (Å²) in [4.78, 5) is 9.52. The van der Waals surface area contributed by atoms with E-state index in [2.05, 4.69) is 94.7 Å². The first-order valence-electron chi connectivity index (χ1n) is 20.7. The van der Waals surface area contributed by atoms with Crippen LogP contribution in [0.4, 0.5) is 0 Å². The van der Waals surface area contributed by atoms with E-state index in [9.17, 15) is 15.0 Å². The molecule has 0 spiro atoms. The first-order valence-corrected chi connectivity index (χ1v) is 22.6. The molecule has 0 aliphatic heterocycles. The minimum absolute atomic E-state index is 0.0694. The SMILES string of the molecule is CCC.CCCCCNC.CCCCCNC[C@@H](O)CCN.CCCCN.CCCS.CCO.CC[SeH].CCc1cc(C)c(O)c(C)c1.NCCC(=O)O. The van der Waals surface area contributed by atoms with Crippen molar-refractivity contribution in [1.82, 2.24) is 10.6 Å². The van der Waals surface area contributed by atoms with Crippen LogP contribution in [0.25, 0.3) is 0 Å². The van der Waals surface area contributed by atoms with Crippen LogP contribution in [0.3, 0.4) is 0 Å². The normalized spacial score (nSPS) is 9.46. The van der Waals surface area contributed by atoms with Gasteiger partial charge in [-0.2, -0.15) is 12.6 Å². The van der Waals surface area contributed by atoms with E-state index >= 15 is 0 Å². The summed E-state index contributed by atoms with van der Waals surface area (Å²) in [6.45, 7) is 27.4. The minimum atomic E-state index is -0.836. The van der Waals surface area contributed by atoms with Crippen LogP contribution in [-0.2, 0) is 11.2 Å². The summed E-state index contributed by atoms with van der Waals surface area (Å²) < 4.78 is 0. The fourth-order valence-corrected chi connectivity index (χ4v) is 3.19. The van der Waals surface area contributed by atoms with Crippen molar-refractivity contribution in [3.8, 4) is 5.75 Å². The van der Waals surface area contributed by atoms with Gasteiger partial charge in [-0.3, -0.25) is 4.79 Å². The number of benzene rings is 1. The summed E-state index contributed by atoms with van der Waals surface area (Å²) in [6.07, 6.45) is 14.1. The van der Waals surface area contributed by atoms with E-state index in [-0.39, 0.29) is 25.7 Å². The smallest absolute Gasteiger partial charge is 0.304 e. The van der Waals surface area contributed by atoms with Crippen LogP contribution in [0, 0.1) is 13.8 Å². The van der Waals surface area contributed by atoms with E-state index in [1.165, 1.54) is 81.6 Å². The second-order valence-electron chi connectivity index (χ2n) is 12.0. The van der Waals surface area contributed by atoms with Crippen molar-refractivity contribution in [1.29, 1.82) is 0 Å². The number of nitrogens with one attached hydrogen (secondary N) is 2. The average molecular weight is 863 g/mol. The van der Waals surface area contributed by atoms with E-state index in [4.69, 9.17) is 27.4 Å². The number of hydrogen-bond acceptors (Lipinski definition) is 10. The average Bonchev–Trinajstić information content (AvgIpc) is 3.13. The number of aryl methyl sites for hydroxylation is 3. The van der Waals surface area contributed by atoms with Crippen LogP contribution in [0.5, 0.6) is 5.75 Å². The number of rotatable bonds is 18. The Balaban J connectivity index is -0.0000000773. The first kappa shape index (κ1) is 70.8. The number of thiol groups is 1. The van der Waals surface area contributed by atoms with Crippen molar-refractivity contribution in [3.05, 3.63) is 28.8 Å². The van der Waals surface area contributed by atoms with E-state index in [0.717, 1.165) is 36.4 Å².